The Hall–Kier alpha value is -2.06. The van der Waals surface area contributed by atoms with Crippen molar-refractivity contribution < 1.29 is 4.74 Å². The van der Waals surface area contributed by atoms with Crippen LogP contribution in [0.1, 0.15) is 18.7 Å². The molecule has 0 unspecified atom stereocenters. The molecule has 0 aromatic carbocycles. The quantitative estimate of drug-likeness (QED) is 0.717. The maximum Gasteiger partial charge on any atom is 0.189 e. The zero-order valence-electron chi connectivity index (χ0n) is 11.6. The third-order valence-electron chi connectivity index (χ3n) is 3.87. The fourth-order valence-electron chi connectivity index (χ4n) is 2.73. The lowest BCUT2D eigenvalue weighted by Crippen LogP contribution is -2.32. The van der Waals surface area contributed by atoms with Gasteiger partial charge in [-0.3, -0.25) is 4.40 Å². The lowest BCUT2D eigenvalue weighted by molar-refractivity contribution is 0.0341. The lowest BCUT2D eigenvalue weighted by atomic mass is 10.1. The van der Waals surface area contributed by atoms with Gasteiger partial charge in [0, 0.05) is 6.42 Å². The van der Waals surface area contributed by atoms with Gasteiger partial charge in [-0.25, -0.2) is 9.97 Å². The summed E-state index contributed by atoms with van der Waals surface area (Å²) in [5.41, 5.74) is 2.23. The second kappa shape index (κ2) is 5.38. The van der Waals surface area contributed by atoms with Crippen LogP contribution >= 0.6 is 0 Å². The summed E-state index contributed by atoms with van der Waals surface area (Å²) in [5, 5.41) is 11.8. The van der Waals surface area contributed by atoms with E-state index < -0.39 is 0 Å². The summed E-state index contributed by atoms with van der Waals surface area (Å²) >= 11 is 0. The molecule has 1 fully saturated rings. The van der Waals surface area contributed by atoms with Crippen LogP contribution in [-0.2, 0) is 11.2 Å². The van der Waals surface area contributed by atoms with Crippen LogP contribution in [0.5, 0.6) is 0 Å². The molecule has 8 nitrogen and oxygen atoms in total. The van der Waals surface area contributed by atoms with Gasteiger partial charge in [-0.2, -0.15) is 0 Å². The fraction of sp³-hybridized carbons (Fsp3) is 0.538. The van der Waals surface area contributed by atoms with Crippen LogP contribution in [0, 0.1) is 0 Å². The number of hydrogen-bond acceptors (Lipinski definition) is 6. The van der Waals surface area contributed by atoms with E-state index in [1.54, 1.807) is 12.7 Å². The van der Waals surface area contributed by atoms with E-state index in [1.807, 2.05) is 4.40 Å². The number of aromatic amines is 1. The van der Waals surface area contributed by atoms with Gasteiger partial charge in [-0.15, -0.1) is 10.2 Å². The fourth-order valence-corrected chi connectivity index (χ4v) is 2.73. The van der Waals surface area contributed by atoms with Gasteiger partial charge < -0.3 is 15.0 Å². The molecule has 4 heterocycles. The minimum atomic E-state index is 0.364. The molecule has 21 heavy (non-hydrogen) atoms. The van der Waals surface area contributed by atoms with E-state index in [1.165, 1.54) is 0 Å². The molecule has 3 aromatic rings. The number of hydrogen-bond donors (Lipinski definition) is 2. The Bertz CT molecular complexity index is 743. The molecule has 1 aliphatic heterocycles. The summed E-state index contributed by atoms with van der Waals surface area (Å²) in [5.74, 6) is 0.864. The number of H-pyrrole nitrogens is 1. The van der Waals surface area contributed by atoms with Crippen molar-refractivity contribution in [1.29, 1.82) is 0 Å². The molecule has 1 saturated heterocycles. The van der Waals surface area contributed by atoms with Crippen molar-refractivity contribution in [2.24, 2.45) is 0 Å². The van der Waals surface area contributed by atoms with Crippen molar-refractivity contribution in [1.82, 2.24) is 34.9 Å². The first-order valence-electron chi connectivity index (χ1n) is 7.26. The minimum absolute atomic E-state index is 0.364. The van der Waals surface area contributed by atoms with Gasteiger partial charge in [0.25, 0.3) is 0 Å². The highest BCUT2D eigenvalue weighted by Crippen LogP contribution is 2.13. The van der Waals surface area contributed by atoms with E-state index in [4.69, 9.17) is 4.74 Å². The normalized spacial score (nSPS) is 17.0. The van der Waals surface area contributed by atoms with Crippen molar-refractivity contribution >= 4 is 16.8 Å². The molecule has 110 valence electrons. The molecule has 2 N–H and O–H groups in total. The van der Waals surface area contributed by atoms with Crippen LogP contribution in [0.15, 0.2) is 12.7 Å². The SMILES string of the molecule is c1nc2ncn3c(CCOC4CCNCC4)nnc3c2[nH]1. The highest BCUT2D eigenvalue weighted by atomic mass is 16.5. The molecule has 0 atom stereocenters. The van der Waals surface area contributed by atoms with Crippen LogP contribution in [-0.4, -0.2) is 55.4 Å². The average Bonchev–Trinajstić information content (AvgIpc) is 3.14. The number of ether oxygens (including phenoxy) is 1. The van der Waals surface area contributed by atoms with E-state index in [9.17, 15) is 0 Å². The zero-order chi connectivity index (χ0) is 14.1. The number of piperidine rings is 1. The molecular formula is C13H17N7O. The first kappa shape index (κ1) is 12.7. The maximum absolute atomic E-state index is 5.92. The van der Waals surface area contributed by atoms with E-state index in [0.717, 1.165) is 49.3 Å². The number of aromatic nitrogens is 6. The molecule has 0 radical (unpaired) electrons. The third kappa shape index (κ3) is 2.36. The van der Waals surface area contributed by atoms with Crippen molar-refractivity contribution in [2.45, 2.75) is 25.4 Å². The van der Waals surface area contributed by atoms with Gasteiger partial charge in [-0.1, -0.05) is 0 Å². The Morgan fingerprint density at radius 3 is 3.05 bits per heavy atom. The first-order chi connectivity index (χ1) is 10.4. The lowest BCUT2D eigenvalue weighted by Gasteiger charge is -2.22. The topological polar surface area (TPSA) is 93.0 Å². The highest BCUT2D eigenvalue weighted by Gasteiger charge is 2.15. The molecule has 0 bridgehead atoms. The monoisotopic (exact) mass is 287 g/mol. The van der Waals surface area contributed by atoms with Gasteiger partial charge in [0.15, 0.2) is 11.3 Å². The Labute approximate surface area is 120 Å². The number of nitrogens with one attached hydrogen (secondary N) is 2. The predicted octanol–water partition coefficient (Wildman–Crippen LogP) is 0.312. The van der Waals surface area contributed by atoms with E-state index >= 15 is 0 Å². The smallest absolute Gasteiger partial charge is 0.189 e. The average molecular weight is 287 g/mol. The van der Waals surface area contributed by atoms with Gasteiger partial charge >= 0.3 is 0 Å². The third-order valence-corrected chi connectivity index (χ3v) is 3.87. The van der Waals surface area contributed by atoms with E-state index in [0.29, 0.717) is 18.4 Å². The van der Waals surface area contributed by atoms with Crippen molar-refractivity contribution in [3.8, 4) is 0 Å². The Morgan fingerprint density at radius 2 is 2.14 bits per heavy atom. The summed E-state index contributed by atoms with van der Waals surface area (Å²) in [4.78, 5) is 11.5. The molecular weight excluding hydrogens is 270 g/mol. The summed E-state index contributed by atoms with van der Waals surface area (Å²) < 4.78 is 7.81. The summed E-state index contributed by atoms with van der Waals surface area (Å²) in [6.45, 7) is 2.74. The van der Waals surface area contributed by atoms with E-state index in [-0.39, 0.29) is 0 Å². The number of imidazole rings is 1. The van der Waals surface area contributed by atoms with Gasteiger partial charge in [-0.05, 0) is 25.9 Å². The van der Waals surface area contributed by atoms with Crippen molar-refractivity contribution in [2.75, 3.05) is 19.7 Å². The highest BCUT2D eigenvalue weighted by molar-refractivity contribution is 5.84. The van der Waals surface area contributed by atoms with Crippen LogP contribution < -0.4 is 5.32 Å². The van der Waals surface area contributed by atoms with Crippen LogP contribution in [0.25, 0.3) is 16.8 Å². The number of nitrogens with zero attached hydrogens (tertiary/aromatic N) is 5. The van der Waals surface area contributed by atoms with Crippen LogP contribution in [0.4, 0.5) is 0 Å². The van der Waals surface area contributed by atoms with Gasteiger partial charge in [0.2, 0.25) is 0 Å². The second-order valence-corrected chi connectivity index (χ2v) is 5.23. The standard InChI is InChI=1S/C13H17N7O/c1-4-14-5-2-9(1)21-6-3-10-18-19-13-11-12(16-7-15-11)17-8-20(10)13/h7-9,14H,1-6H2,(H,15,16). The Kier molecular flexibility index (Phi) is 3.24. The molecule has 3 aromatic heterocycles. The Balaban J connectivity index is 1.48. The molecule has 0 amide bonds. The largest absolute Gasteiger partial charge is 0.378 e. The second-order valence-electron chi connectivity index (χ2n) is 5.23. The van der Waals surface area contributed by atoms with Crippen molar-refractivity contribution in [3.63, 3.8) is 0 Å². The Morgan fingerprint density at radius 1 is 1.24 bits per heavy atom. The van der Waals surface area contributed by atoms with Crippen LogP contribution in [0.3, 0.4) is 0 Å². The maximum atomic E-state index is 5.92. The van der Waals surface area contributed by atoms with Gasteiger partial charge in [0.05, 0.1) is 19.0 Å². The van der Waals surface area contributed by atoms with Crippen molar-refractivity contribution in [3.05, 3.63) is 18.5 Å². The molecule has 0 aliphatic carbocycles. The number of rotatable bonds is 4. The molecule has 8 heteroatoms. The number of fused-ring (bicyclic) bond motifs is 3. The molecule has 0 saturated carbocycles. The zero-order valence-corrected chi connectivity index (χ0v) is 11.6. The summed E-state index contributed by atoms with van der Waals surface area (Å²) in [6.07, 6.45) is 6.59. The summed E-state index contributed by atoms with van der Waals surface area (Å²) in [7, 11) is 0. The summed E-state index contributed by atoms with van der Waals surface area (Å²) in [6, 6.07) is 0. The van der Waals surface area contributed by atoms with Crippen LogP contribution in [0.2, 0.25) is 0 Å². The minimum Gasteiger partial charge on any atom is -0.378 e. The van der Waals surface area contributed by atoms with Gasteiger partial charge in [0.1, 0.15) is 17.7 Å². The molecule has 4 rings (SSSR count). The molecule has 1 aliphatic rings. The first-order valence-corrected chi connectivity index (χ1v) is 7.26. The predicted molar refractivity (Wildman–Crippen MR) is 76.0 cm³/mol. The van der Waals surface area contributed by atoms with E-state index in [2.05, 4.69) is 30.5 Å². The molecule has 0 spiro atoms.